The molecule has 1 aliphatic heterocycles. The molecule has 2 heterocycles. The Morgan fingerprint density at radius 2 is 1.90 bits per heavy atom. The fraction of sp³-hybridized carbons (Fsp3) is 0.250. The van der Waals surface area contributed by atoms with Crippen LogP contribution < -0.4 is 0 Å². The van der Waals surface area contributed by atoms with Crippen LogP contribution in [-0.2, 0) is 4.79 Å². The lowest BCUT2D eigenvalue weighted by Crippen LogP contribution is -2.29. The Bertz CT molecular complexity index is 639. The molecular weight excluding hydrogens is 286 g/mol. The molecule has 1 N–H and O–H groups in total. The van der Waals surface area contributed by atoms with Gasteiger partial charge in [0.2, 0.25) is 0 Å². The van der Waals surface area contributed by atoms with Gasteiger partial charge >= 0.3 is 5.97 Å². The second kappa shape index (κ2) is 5.69. The Hall–Kier alpha value is -2.14. The lowest BCUT2D eigenvalue weighted by molar-refractivity contribution is -0.141. The molecule has 4 nitrogen and oxygen atoms in total. The van der Waals surface area contributed by atoms with E-state index in [9.17, 15) is 14.7 Å². The molecule has 1 aromatic heterocycles. The van der Waals surface area contributed by atoms with Gasteiger partial charge in [0.25, 0.3) is 5.91 Å². The SMILES string of the molecule is O=C(O)[C@@H]1CN(C(=O)c2ccsc2)C[C@@H]1c1ccccc1. The molecule has 1 saturated heterocycles. The molecule has 108 valence electrons. The zero-order chi connectivity index (χ0) is 14.8. The fourth-order valence-corrected chi connectivity index (χ4v) is 3.46. The molecule has 0 spiro atoms. The molecule has 5 heteroatoms. The topological polar surface area (TPSA) is 57.6 Å². The number of hydrogen-bond acceptors (Lipinski definition) is 3. The van der Waals surface area contributed by atoms with Gasteiger partial charge in [0, 0.05) is 24.4 Å². The molecule has 1 aromatic carbocycles. The maximum atomic E-state index is 12.4. The van der Waals surface area contributed by atoms with Crippen molar-refractivity contribution in [2.24, 2.45) is 5.92 Å². The number of carbonyl (C=O) groups excluding carboxylic acids is 1. The van der Waals surface area contributed by atoms with Crippen molar-refractivity contribution >= 4 is 23.2 Å². The van der Waals surface area contributed by atoms with Crippen molar-refractivity contribution in [3.63, 3.8) is 0 Å². The third-order valence-electron chi connectivity index (χ3n) is 3.92. The zero-order valence-electron chi connectivity index (χ0n) is 11.3. The number of rotatable bonds is 3. The Labute approximate surface area is 126 Å². The number of amides is 1. The molecule has 0 radical (unpaired) electrons. The number of aliphatic carboxylic acids is 1. The zero-order valence-corrected chi connectivity index (χ0v) is 12.1. The lowest BCUT2D eigenvalue weighted by Gasteiger charge is -2.15. The van der Waals surface area contributed by atoms with Gasteiger partial charge in [0.05, 0.1) is 11.5 Å². The van der Waals surface area contributed by atoms with Crippen LogP contribution in [0, 0.1) is 5.92 Å². The molecule has 1 fully saturated rings. The van der Waals surface area contributed by atoms with E-state index in [1.165, 1.54) is 11.3 Å². The number of benzene rings is 1. The maximum absolute atomic E-state index is 12.4. The van der Waals surface area contributed by atoms with Crippen molar-refractivity contribution in [3.05, 3.63) is 58.3 Å². The smallest absolute Gasteiger partial charge is 0.308 e. The molecule has 2 aromatic rings. The first-order chi connectivity index (χ1) is 10.2. The lowest BCUT2D eigenvalue weighted by atomic mass is 9.89. The van der Waals surface area contributed by atoms with E-state index in [-0.39, 0.29) is 18.4 Å². The molecule has 0 bridgehead atoms. The molecular formula is C16H15NO3S. The predicted molar refractivity (Wildman–Crippen MR) is 80.5 cm³/mol. The molecule has 21 heavy (non-hydrogen) atoms. The van der Waals surface area contributed by atoms with Crippen molar-refractivity contribution in [2.45, 2.75) is 5.92 Å². The second-order valence-electron chi connectivity index (χ2n) is 5.18. The summed E-state index contributed by atoms with van der Waals surface area (Å²) in [5.41, 5.74) is 1.61. The monoisotopic (exact) mass is 301 g/mol. The van der Waals surface area contributed by atoms with Gasteiger partial charge in [-0.25, -0.2) is 0 Å². The quantitative estimate of drug-likeness (QED) is 0.948. The van der Waals surface area contributed by atoms with Crippen LogP contribution >= 0.6 is 11.3 Å². The highest BCUT2D eigenvalue weighted by Crippen LogP contribution is 2.33. The molecule has 1 amide bonds. The largest absolute Gasteiger partial charge is 0.481 e. The number of thiophene rings is 1. The minimum atomic E-state index is -0.843. The molecule has 0 unspecified atom stereocenters. The van der Waals surface area contributed by atoms with Gasteiger partial charge in [0.15, 0.2) is 0 Å². The fourth-order valence-electron chi connectivity index (χ4n) is 2.83. The highest BCUT2D eigenvalue weighted by molar-refractivity contribution is 7.08. The summed E-state index contributed by atoms with van der Waals surface area (Å²) in [5, 5.41) is 13.1. The summed E-state index contributed by atoms with van der Waals surface area (Å²) in [7, 11) is 0. The summed E-state index contributed by atoms with van der Waals surface area (Å²) < 4.78 is 0. The van der Waals surface area contributed by atoms with E-state index in [2.05, 4.69) is 0 Å². The van der Waals surface area contributed by atoms with Gasteiger partial charge in [-0.15, -0.1) is 0 Å². The van der Waals surface area contributed by atoms with E-state index in [1.54, 1.807) is 16.3 Å². The number of likely N-dealkylation sites (tertiary alicyclic amines) is 1. The van der Waals surface area contributed by atoms with Gasteiger partial charge in [0.1, 0.15) is 0 Å². The van der Waals surface area contributed by atoms with Crippen LogP contribution in [0.5, 0.6) is 0 Å². The molecule has 2 atom stereocenters. The highest BCUT2D eigenvalue weighted by Gasteiger charge is 2.40. The van der Waals surface area contributed by atoms with Crippen LogP contribution in [0.4, 0.5) is 0 Å². The van der Waals surface area contributed by atoms with Gasteiger partial charge in [-0.1, -0.05) is 30.3 Å². The van der Waals surface area contributed by atoms with E-state index < -0.39 is 11.9 Å². The second-order valence-corrected chi connectivity index (χ2v) is 5.96. The summed E-state index contributed by atoms with van der Waals surface area (Å²) in [5.74, 6) is -1.62. The Morgan fingerprint density at radius 1 is 1.14 bits per heavy atom. The van der Waals surface area contributed by atoms with E-state index in [0.717, 1.165) is 5.56 Å². The Kier molecular flexibility index (Phi) is 3.75. The first-order valence-electron chi connectivity index (χ1n) is 6.76. The number of carboxylic acids is 1. The average molecular weight is 301 g/mol. The summed E-state index contributed by atoms with van der Waals surface area (Å²) >= 11 is 1.47. The Balaban J connectivity index is 1.85. The van der Waals surface area contributed by atoms with Gasteiger partial charge < -0.3 is 10.0 Å². The van der Waals surface area contributed by atoms with Crippen molar-refractivity contribution < 1.29 is 14.7 Å². The first kappa shape index (κ1) is 13.8. The summed E-state index contributed by atoms with van der Waals surface area (Å²) in [6.07, 6.45) is 0. The van der Waals surface area contributed by atoms with Crippen LogP contribution in [-0.4, -0.2) is 35.0 Å². The predicted octanol–water partition coefficient (Wildman–Crippen LogP) is 2.69. The number of carbonyl (C=O) groups is 2. The molecule has 0 aliphatic carbocycles. The van der Waals surface area contributed by atoms with E-state index in [1.807, 2.05) is 35.7 Å². The highest BCUT2D eigenvalue weighted by atomic mass is 32.1. The van der Waals surface area contributed by atoms with Gasteiger partial charge in [-0.05, 0) is 17.0 Å². The minimum Gasteiger partial charge on any atom is -0.481 e. The first-order valence-corrected chi connectivity index (χ1v) is 7.70. The normalized spacial score (nSPS) is 21.4. The molecule has 3 rings (SSSR count). The van der Waals surface area contributed by atoms with Crippen molar-refractivity contribution in [3.8, 4) is 0 Å². The third kappa shape index (κ3) is 2.69. The van der Waals surface area contributed by atoms with Crippen LogP contribution in [0.15, 0.2) is 47.2 Å². The molecule has 0 saturated carbocycles. The van der Waals surface area contributed by atoms with Crippen molar-refractivity contribution in [2.75, 3.05) is 13.1 Å². The van der Waals surface area contributed by atoms with Crippen LogP contribution in [0.3, 0.4) is 0 Å². The van der Waals surface area contributed by atoms with E-state index >= 15 is 0 Å². The van der Waals surface area contributed by atoms with Gasteiger partial charge in [-0.2, -0.15) is 11.3 Å². The Morgan fingerprint density at radius 3 is 2.52 bits per heavy atom. The average Bonchev–Trinajstić information content (AvgIpc) is 3.17. The van der Waals surface area contributed by atoms with Crippen molar-refractivity contribution in [1.82, 2.24) is 4.90 Å². The van der Waals surface area contributed by atoms with E-state index in [0.29, 0.717) is 12.1 Å². The van der Waals surface area contributed by atoms with Crippen LogP contribution in [0.2, 0.25) is 0 Å². The summed E-state index contributed by atoms with van der Waals surface area (Å²) in [6, 6.07) is 11.3. The van der Waals surface area contributed by atoms with E-state index in [4.69, 9.17) is 0 Å². The summed E-state index contributed by atoms with van der Waals surface area (Å²) in [4.78, 5) is 25.5. The van der Waals surface area contributed by atoms with Gasteiger partial charge in [-0.3, -0.25) is 9.59 Å². The summed E-state index contributed by atoms with van der Waals surface area (Å²) in [6.45, 7) is 0.721. The van der Waals surface area contributed by atoms with Crippen LogP contribution in [0.25, 0.3) is 0 Å². The molecule has 1 aliphatic rings. The third-order valence-corrected chi connectivity index (χ3v) is 4.60. The van der Waals surface area contributed by atoms with Crippen molar-refractivity contribution in [1.29, 1.82) is 0 Å². The number of carboxylic acid groups (broad SMARTS) is 1. The number of hydrogen-bond donors (Lipinski definition) is 1. The minimum absolute atomic E-state index is 0.0825. The van der Waals surface area contributed by atoms with Crippen LogP contribution in [0.1, 0.15) is 21.8 Å². The maximum Gasteiger partial charge on any atom is 0.308 e. The standard InChI is InChI=1S/C16H15NO3S/c18-15(12-6-7-21-10-12)17-8-13(14(9-17)16(19)20)11-4-2-1-3-5-11/h1-7,10,13-14H,8-9H2,(H,19,20)/t13-,14-/m1/s1. The number of nitrogens with zero attached hydrogens (tertiary/aromatic N) is 1.